The van der Waals surface area contributed by atoms with Crippen LogP contribution in [0.5, 0.6) is 0 Å². The average Bonchev–Trinajstić information content (AvgIpc) is 2.54. The quantitative estimate of drug-likeness (QED) is 0.427. The van der Waals surface area contributed by atoms with E-state index in [1.165, 1.54) is 5.57 Å². The molecule has 2 saturated carbocycles. The number of carbonyl (C=O) groups excluding carboxylic acids is 1. The lowest BCUT2D eigenvalue weighted by Gasteiger charge is -2.52. The third-order valence-corrected chi connectivity index (χ3v) is 6.51. The molecule has 0 aromatic rings. The first-order chi connectivity index (χ1) is 11.7. The van der Waals surface area contributed by atoms with Crippen LogP contribution < -0.4 is 0 Å². The number of fused-ring (bicyclic) bond motifs is 1. The summed E-state index contributed by atoms with van der Waals surface area (Å²) in [5, 5.41) is 9.35. The zero-order valence-corrected chi connectivity index (χ0v) is 15.8. The van der Waals surface area contributed by atoms with Gasteiger partial charge in [0.2, 0.25) is 0 Å². The Bertz CT molecular complexity index is 564. The van der Waals surface area contributed by atoms with Crippen LogP contribution in [-0.2, 0) is 14.3 Å². The molecule has 4 heteroatoms. The average molecular weight is 348 g/mol. The topological polar surface area (TPSA) is 63.6 Å². The van der Waals surface area contributed by atoms with Gasteiger partial charge in [-0.25, -0.2) is 4.79 Å². The zero-order chi connectivity index (χ0) is 18.8. The van der Waals surface area contributed by atoms with Crippen LogP contribution in [0.1, 0.15) is 65.7 Å². The lowest BCUT2D eigenvalue weighted by atomic mass is 9.55. The maximum atomic E-state index is 12.4. The Morgan fingerprint density at radius 1 is 1.40 bits per heavy atom. The van der Waals surface area contributed by atoms with Gasteiger partial charge in [-0.05, 0) is 49.9 Å². The van der Waals surface area contributed by atoms with E-state index < -0.39 is 5.97 Å². The fraction of sp³-hybridized carbons (Fsp3) is 0.714. The smallest absolute Gasteiger partial charge is 0.331 e. The molecular formula is C21H32O4. The monoisotopic (exact) mass is 348 g/mol. The van der Waals surface area contributed by atoms with Crippen molar-refractivity contribution in [3.8, 4) is 0 Å². The third kappa shape index (κ3) is 4.16. The number of aliphatic carboxylic acids is 1. The zero-order valence-electron chi connectivity index (χ0n) is 15.8. The molecular weight excluding hydrogens is 316 g/mol. The van der Waals surface area contributed by atoms with E-state index >= 15 is 0 Å². The number of ether oxygens (including phenoxy) is 1. The second-order valence-corrected chi connectivity index (χ2v) is 8.26. The first-order valence-corrected chi connectivity index (χ1v) is 9.48. The Hall–Kier alpha value is -1.58. The van der Waals surface area contributed by atoms with Crippen LogP contribution in [0.15, 0.2) is 24.3 Å². The van der Waals surface area contributed by atoms with Crippen molar-refractivity contribution in [3.63, 3.8) is 0 Å². The molecule has 0 heterocycles. The summed E-state index contributed by atoms with van der Waals surface area (Å²) in [5.41, 5.74) is 1.25. The highest BCUT2D eigenvalue weighted by Crippen LogP contribution is 2.55. The van der Waals surface area contributed by atoms with Crippen molar-refractivity contribution in [3.05, 3.63) is 24.3 Å². The number of allylic oxidation sites excluding steroid dienone is 1. The minimum atomic E-state index is -0.959. The molecule has 0 unspecified atom stereocenters. The highest BCUT2D eigenvalue weighted by molar-refractivity contribution is 5.86. The van der Waals surface area contributed by atoms with E-state index in [9.17, 15) is 14.7 Å². The van der Waals surface area contributed by atoms with E-state index in [4.69, 9.17) is 4.74 Å². The third-order valence-electron chi connectivity index (χ3n) is 6.51. The minimum absolute atomic E-state index is 0.143. The Morgan fingerprint density at radius 2 is 2.08 bits per heavy atom. The number of carboxylic acids is 1. The van der Waals surface area contributed by atoms with Crippen LogP contribution in [0.3, 0.4) is 0 Å². The number of hydrogen-bond acceptors (Lipinski definition) is 3. The molecule has 0 saturated heterocycles. The predicted molar refractivity (Wildman–Crippen MR) is 98.0 cm³/mol. The Labute approximate surface area is 151 Å². The number of esters is 1. The van der Waals surface area contributed by atoms with Crippen LogP contribution in [0.25, 0.3) is 0 Å². The molecule has 25 heavy (non-hydrogen) atoms. The first-order valence-electron chi connectivity index (χ1n) is 9.48. The van der Waals surface area contributed by atoms with E-state index in [0.29, 0.717) is 18.8 Å². The van der Waals surface area contributed by atoms with Gasteiger partial charge in [0.05, 0.1) is 0 Å². The number of hydrogen-bond donors (Lipinski definition) is 1. The van der Waals surface area contributed by atoms with Crippen molar-refractivity contribution < 1.29 is 19.4 Å². The van der Waals surface area contributed by atoms with Crippen LogP contribution in [0, 0.1) is 23.2 Å². The van der Waals surface area contributed by atoms with Crippen LogP contribution >= 0.6 is 0 Å². The normalized spacial score (nSPS) is 33.2. The van der Waals surface area contributed by atoms with Crippen LogP contribution in [-0.4, -0.2) is 23.1 Å². The van der Waals surface area contributed by atoms with Gasteiger partial charge in [0, 0.05) is 17.4 Å². The van der Waals surface area contributed by atoms with E-state index in [1.54, 1.807) is 0 Å². The van der Waals surface area contributed by atoms with Gasteiger partial charge in [0.15, 0.2) is 0 Å². The summed E-state index contributed by atoms with van der Waals surface area (Å²) in [6, 6.07) is 0. The molecule has 0 aromatic carbocycles. The molecule has 0 amide bonds. The van der Waals surface area contributed by atoms with Crippen LogP contribution in [0.2, 0.25) is 0 Å². The number of rotatable bonds is 6. The molecule has 0 aromatic heterocycles. The molecule has 2 rings (SSSR count). The molecule has 2 fully saturated rings. The maximum absolute atomic E-state index is 12.4. The lowest BCUT2D eigenvalue weighted by molar-refractivity contribution is -0.166. The number of carbonyl (C=O) groups is 2. The molecule has 5 atom stereocenters. The summed E-state index contributed by atoms with van der Waals surface area (Å²) in [6.07, 6.45) is 5.41. The van der Waals surface area contributed by atoms with Crippen molar-refractivity contribution in [2.75, 3.05) is 0 Å². The SMILES string of the molecule is C=C(C(=O)O)[C@@H]1C[C@H](OC(=O)C[C@H](C)CC)[C@]2(C)CCCC(=C)[C@@H]2C1. The van der Waals surface area contributed by atoms with Gasteiger partial charge >= 0.3 is 11.9 Å². The summed E-state index contributed by atoms with van der Waals surface area (Å²) in [4.78, 5) is 23.8. The lowest BCUT2D eigenvalue weighted by Crippen LogP contribution is -2.50. The highest BCUT2D eigenvalue weighted by atomic mass is 16.5. The van der Waals surface area contributed by atoms with Crippen molar-refractivity contribution in [2.45, 2.75) is 71.8 Å². The summed E-state index contributed by atoms with van der Waals surface area (Å²) in [6.45, 7) is 14.3. The second kappa shape index (κ2) is 7.76. The fourth-order valence-electron chi connectivity index (χ4n) is 4.52. The summed E-state index contributed by atoms with van der Waals surface area (Å²) < 4.78 is 5.93. The summed E-state index contributed by atoms with van der Waals surface area (Å²) >= 11 is 0. The van der Waals surface area contributed by atoms with Gasteiger partial charge in [0.1, 0.15) is 6.10 Å². The van der Waals surface area contributed by atoms with Crippen molar-refractivity contribution in [1.29, 1.82) is 0 Å². The second-order valence-electron chi connectivity index (χ2n) is 8.26. The van der Waals surface area contributed by atoms with Gasteiger partial charge < -0.3 is 9.84 Å². The molecule has 0 aliphatic heterocycles. The minimum Gasteiger partial charge on any atom is -0.478 e. The van der Waals surface area contributed by atoms with Crippen molar-refractivity contribution in [1.82, 2.24) is 0 Å². The van der Waals surface area contributed by atoms with E-state index in [-0.39, 0.29) is 34.9 Å². The van der Waals surface area contributed by atoms with Gasteiger partial charge in [-0.1, -0.05) is 45.9 Å². The van der Waals surface area contributed by atoms with Gasteiger partial charge in [0.25, 0.3) is 0 Å². The Morgan fingerprint density at radius 3 is 2.68 bits per heavy atom. The predicted octanol–water partition coefficient (Wildman–Crippen LogP) is 4.75. The molecule has 0 bridgehead atoms. The van der Waals surface area contributed by atoms with E-state index in [0.717, 1.165) is 32.1 Å². The van der Waals surface area contributed by atoms with Gasteiger partial charge in [-0.15, -0.1) is 0 Å². The maximum Gasteiger partial charge on any atom is 0.331 e. The Kier molecular flexibility index (Phi) is 6.12. The molecule has 0 radical (unpaired) electrons. The molecule has 2 aliphatic rings. The molecule has 0 spiro atoms. The molecule has 2 aliphatic carbocycles. The van der Waals surface area contributed by atoms with Crippen molar-refractivity contribution in [2.24, 2.45) is 23.2 Å². The molecule has 1 N–H and O–H groups in total. The summed E-state index contributed by atoms with van der Waals surface area (Å²) in [5.74, 6) is -0.799. The Balaban J connectivity index is 2.23. The summed E-state index contributed by atoms with van der Waals surface area (Å²) in [7, 11) is 0. The van der Waals surface area contributed by atoms with Gasteiger partial charge in [-0.3, -0.25) is 4.79 Å². The molecule has 140 valence electrons. The first kappa shape index (κ1) is 19.7. The number of carboxylic acid groups (broad SMARTS) is 1. The van der Waals surface area contributed by atoms with E-state index in [2.05, 4.69) is 27.0 Å². The van der Waals surface area contributed by atoms with Gasteiger partial charge in [-0.2, -0.15) is 0 Å². The largest absolute Gasteiger partial charge is 0.478 e. The highest BCUT2D eigenvalue weighted by Gasteiger charge is 2.51. The fourth-order valence-corrected chi connectivity index (χ4v) is 4.52. The van der Waals surface area contributed by atoms with E-state index in [1.807, 2.05) is 6.92 Å². The van der Waals surface area contributed by atoms with Crippen LogP contribution in [0.4, 0.5) is 0 Å². The standard InChI is InChI=1S/C21H32O4/c1-6-13(2)10-19(22)25-18-12-16(15(4)20(23)24)11-17-14(3)8-7-9-21(17,18)5/h13,16-18H,3-4,6-12H2,1-2,5H3,(H,23,24)/t13-,16+,17+,18+,21-/m1/s1. The molecule has 4 nitrogen and oxygen atoms in total. The van der Waals surface area contributed by atoms with Crippen molar-refractivity contribution >= 4 is 11.9 Å².